The monoisotopic (exact) mass is 352 g/mol. The molecule has 136 valence electrons. The maximum atomic E-state index is 13.2. The molecule has 0 atom stereocenters. The molecule has 0 aromatic heterocycles. The van der Waals surface area contributed by atoms with Gasteiger partial charge in [0.1, 0.15) is 5.75 Å². The number of benzene rings is 2. The molecule has 1 fully saturated rings. The van der Waals surface area contributed by atoms with Crippen LogP contribution in [0.1, 0.15) is 49.2 Å². The first-order valence-electron chi connectivity index (χ1n) is 8.79. The summed E-state index contributed by atoms with van der Waals surface area (Å²) >= 11 is 0. The van der Waals surface area contributed by atoms with Crippen LogP contribution in [0.2, 0.25) is 0 Å². The highest BCUT2D eigenvalue weighted by molar-refractivity contribution is 6.64. The first kappa shape index (κ1) is 18.7. The number of hydrogen-bond acceptors (Lipinski definition) is 4. The minimum absolute atomic E-state index is 0.0754. The largest absolute Gasteiger partial charge is 0.497 e. The lowest BCUT2D eigenvalue weighted by Crippen LogP contribution is -2.41. The van der Waals surface area contributed by atoms with Gasteiger partial charge >= 0.3 is 7.12 Å². The fraction of sp³-hybridized carbons (Fsp3) is 0.381. The van der Waals surface area contributed by atoms with Crippen molar-refractivity contribution >= 4 is 18.4 Å². The Morgan fingerprint density at radius 3 is 2.08 bits per heavy atom. The zero-order valence-corrected chi connectivity index (χ0v) is 16.3. The topological polar surface area (TPSA) is 44.8 Å². The van der Waals surface area contributed by atoms with Gasteiger partial charge in [0.2, 0.25) is 0 Å². The van der Waals surface area contributed by atoms with Crippen LogP contribution in [0.25, 0.3) is 0 Å². The molecule has 0 unspecified atom stereocenters. The van der Waals surface area contributed by atoms with Gasteiger partial charge in [-0.2, -0.15) is 0 Å². The van der Waals surface area contributed by atoms with Crippen molar-refractivity contribution in [3.63, 3.8) is 0 Å². The molecule has 1 saturated heterocycles. The van der Waals surface area contributed by atoms with Crippen LogP contribution in [-0.4, -0.2) is 31.2 Å². The van der Waals surface area contributed by atoms with Crippen molar-refractivity contribution in [3.8, 4) is 5.75 Å². The molecule has 2 aromatic carbocycles. The minimum atomic E-state index is -0.602. The van der Waals surface area contributed by atoms with E-state index in [1.807, 2.05) is 71.0 Å². The predicted octanol–water partition coefficient (Wildman–Crippen LogP) is 3.53. The molecule has 0 bridgehead atoms. The summed E-state index contributed by atoms with van der Waals surface area (Å²) in [6, 6.07) is 13.0. The Kier molecular flexibility index (Phi) is 4.71. The van der Waals surface area contributed by atoms with E-state index in [1.54, 1.807) is 13.2 Å². The molecule has 1 aliphatic rings. The highest BCUT2D eigenvalue weighted by atomic mass is 16.7. The summed E-state index contributed by atoms with van der Waals surface area (Å²) in [7, 11) is 0.986. The summed E-state index contributed by atoms with van der Waals surface area (Å²) < 4.78 is 17.6. The second-order valence-electron chi connectivity index (χ2n) is 7.74. The fourth-order valence-electron chi connectivity index (χ4n) is 2.90. The zero-order valence-electron chi connectivity index (χ0n) is 16.3. The van der Waals surface area contributed by atoms with Gasteiger partial charge in [-0.25, -0.2) is 0 Å². The van der Waals surface area contributed by atoms with Crippen LogP contribution in [0.3, 0.4) is 0 Å². The molecule has 2 aromatic rings. The second kappa shape index (κ2) is 6.56. The quantitative estimate of drug-likeness (QED) is 0.624. The predicted molar refractivity (Wildman–Crippen MR) is 103 cm³/mol. The van der Waals surface area contributed by atoms with Crippen LogP contribution in [0, 0.1) is 6.92 Å². The smallest absolute Gasteiger partial charge is 0.495 e. The molecule has 3 rings (SSSR count). The van der Waals surface area contributed by atoms with Gasteiger partial charge in [0, 0.05) is 11.1 Å². The van der Waals surface area contributed by atoms with Crippen molar-refractivity contribution in [1.82, 2.24) is 0 Å². The van der Waals surface area contributed by atoms with E-state index in [2.05, 4.69) is 0 Å². The summed E-state index contributed by atoms with van der Waals surface area (Å²) in [5, 5.41) is 0. The Balaban J connectivity index is 2.04. The number of ether oxygens (including phenoxy) is 1. The molecule has 0 N–H and O–H groups in total. The molecule has 0 amide bonds. The van der Waals surface area contributed by atoms with Crippen molar-refractivity contribution in [2.75, 3.05) is 7.11 Å². The fourth-order valence-corrected chi connectivity index (χ4v) is 2.90. The van der Waals surface area contributed by atoms with Crippen LogP contribution in [0.4, 0.5) is 0 Å². The van der Waals surface area contributed by atoms with E-state index in [4.69, 9.17) is 14.0 Å². The summed E-state index contributed by atoms with van der Waals surface area (Å²) in [5.41, 5.74) is 2.05. The van der Waals surface area contributed by atoms with Crippen LogP contribution in [0.5, 0.6) is 5.75 Å². The standard InChI is InChI=1S/C21H25BO4/c1-14-7-9-15(10-8-14)19(23)17-13-16(24-6)11-12-18(17)22-25-20(2,3)21(4,5)26-22/h7-13H,1-6H3. The van der Waals surface area contributed by atoms with Crippen molar-refractivity contribution in [2.24, 2.45) is 0 Å². The van der Waals surface area contributed by atoms with E-state index in [0.717, 1.165) is 11.0 Å². The third-order valence-electron chi connectivity index (χ3n) is 5.33. The van der Waals surface area contributed by atoms with Crippen molar-refractivity contribution in [1.29, 1.82) is 0 Å². The van der Waals surface area contributed by atoms with E-state index in [-0.39, 0.29) is 5.78 Å². The molecule has 0 aliphatic carbocycles. The average Bonchev–Trinajstić information content (AvgIpc) is 2.82. The van der Waals surface area contributed by atoms with Gasteiger partial charge in [-0.1, -0.05) is 35.9 Å². The number of ketones is 1. The Morgan fingerprint density at radius 1 is 0.962 bits per heavy atom. The average molecular weight is 352 g/mol. The summed E-state index contributed by atoms with van der Waals surface area (Å²) in [6.45, 7) is 9.99. The third-order valence-corrected chi connectivity index (χ3v) is 5.33. The SMILES string of the molecule is COc1ccc(B2OC(C)(C)C(C)(C)O2)c(C(=O)c2ccc(C)cc2)c1. The highest BCUT2D eigenvalue weighted by Gasteiger charge is 2.52. The number of methoxy groups -OCH3 is 1. The maximum Gasteiger partial charge on any atom is 0.495 e. The van der Waals surface area contributed by atoms with Gasteiger partial charge in [-0.05, 0) is 52.2 Å². The Bertz CT molecular complexity index is 808. The lowest BCUT2D eigenvalue weighted by molar-refractivity contribution is 0.00578. The Labute approximate surface area is 155 Å². The third kappa shape index (κ3) is 3.29. The molecular weight excluding hydrogens is 327 g/mol. The maximum absolute atomic E-state index is 13.2. The summed E-state index contributed by atoms with van der Waals surface area (Å²) in [6.07, 6.45) is 0. The molecule has 5 heteroatoms. The summed E-state index contributed by atoms with van der Waals surface area (Å²) in [5.74, 6) is 0.550. The van der Waals surface area contributed by atoms with Crippen LogP contribution < -0.4 is 10.2 Å². The second-order valence-corrected chi connectivity index (χ2v) is 7.74. The number of aryl methyl sites for hydroxylation is 1. The van der Waals surface area contributed by atoms with Gasteiger partial charge in [0.05, 0.1) is 18.3 Å². The van der Waals surface area contributed by atoms with Crippen molar-refractivity contribution in [3.05, 3.63) is 59.2 Å². The van der Waals surface area contributed by atoms with Gasteiger partial charge in [0.15, 0.2) is 5.78 Å². The lowest BCUT2D eigenvalue weighted by Gasteiger charge is -2.32. The normalized spacial score (nSPS) is 18.0. The Morgan fingerprint density at radius 2 is 1.54 bits per heavy atom. The van der Waals surface area contributed by atoms with E-state index >= 15 is 0 Å². The van der Waals surface area contributed by atoms with E-state index in [0.29, 0.717) is 16.9 Å². The molecule has 0 spiro atoms. The van der Waals surface area contributed by atoms with E-state index < -0.39 is 18.3 Å². The van der Waals surface area contributed by atoms with Gasteiger partial charge in [-0.15, -0.1) is 0 Å². The Hall–Kier alpha value is -2.11. The van der Waals surface area contributed by atoms with Gasteiger partial charge in [-0.3, -0.25) is 4.79 Å². The molecule has 0 saturated carbocycles. The molecule has 4 nitrogen and oxygen atoms in total. The molecular formula is C21H25BO4. The first-order chi connectivity index (χ1) is 12.1. The lowest BCUT2D eigenvalue weighted by atomic mass is 9.74. The van der Waals surface area contributed by atoms with Crippen molar-refractivity contribution < 1.29 is 18.8 Å². The number of carbonyl (C=O) groups is 1. The molecule has 1 aliphatic heterocycles. The first-order valence-corrected chi connectivity index (χ1v) is 8.79. The highest BCUT2D eigenvalue weighted by Crippen LogP contribution is 2.37. The number of rotatable bonds is 4. The van der Waals surface area contributed by atoms with E-state index in [9.17, 15) is 4.79 Å². The van der Waals surface area contributed by atoms with Crippen LogP contribution in [0.15, 0.2) is 42.5 Å². The molecule has 0 radical (unpaired) electrons. The van der Waals surface area contributed by atoms with E-state index in [1.165, 1.54) is 0 Å². The van der Waals surface area contributed by atoms with Crippen molar-refractivity contribution in [2.45, 2.75) is 45.8 Å². The minimum Gasteiger partial charge on any atom is -0.497 e. The molecule has 1 heterocycles. The van der Waals surface area contributed by atoms with Crippen LogP contribution >= 0.6 is 0 Å². The van der Waals surface area contributed by atoms with Crippen LogP contribution in [-0.2, 0) is 9.31 Å². The van der Waals surface area contributed by atoms with Gasteiger partial charge in [0.25, 0.3) is 0 Å². The zero-order chi connectivity index (χ0) is 19.1. The number of carbonyl (C=O) groups excluding carboxylic acids is 1. The summed E-state index contributed by atoms with van der Waals surface area (Å²) in [4.78, 5) is 13.2. The van der Waals surface area contributed by atoms with Gasteiger partial charge < -0.3 is 14.0 Å². The molecule has 26 heavy (non-hydrogen) atoms. The number of hydrogen-bond donors (Lipinski definition) is 0.